The van der Waals surface area contributed by atoms with Crippen molar-refractivity contribution in [3.63, 3.8) is 0 Å². The number of hydrogen-bond donors (Lipinski definition) is 3. The minimum atomic E-state index is -0.263. The summed E-state index contributed by atoms with van der Waals surface area (Å²) in [5, 5.41) is 14.7. The van der Waals surface area contributed by atoms with Crippen LogP contribution < -0.4 is 40.8 Å². The zero-order chi connectivity index (χ0) is 44.9. The maximum Gasteiger partial charge on any atom is 0.229 e. The zero-order valence-electron chi connectivity index (χ0n) is 37.4. The third-order valence-corrected chi connectivity index (χ3v) is 15.5. The fourth-order valence-corrected chi connectivity index (χ4v) is 11.7. The number of halogens is 2. The summed E-state index contributed by atoms with van der Waals surface area (Å²) in [4.78, 5) is 18.9. The largest absolute Gasteiger partial charge is 0.372 e. The van der Waals surface area contributed by atoms with Gasteiger partial charge in [-0.05, 0) is 80.5 Å². The molecule has 2 atom stereocenters. The van der Waals surface area contributed by atoms with Crippen molar-refractivity contribution < 1.29 is 4.39 Å². The van der Waals surface area contributed by atoms with E-state index in [1.54, 1.807) is 18.1 Å². The normalized spacial score (nSPS) is 20.7. The Labute approximate surface area is 391 Å². The lowest BCUT2D eigenvalue weighted by Gasteiger charge is -2.44. The number of piperazine rings is 1. The maximum atomic E-state index is 15.8. The molecule has 0 amide bonds. The molecule has 14 heteroatoms. The number of allylic oxidation sites excluding steroid dienone is 2. The first-order valence-corrected chi connectivity index (χ1v) is 24.5. The van der Waals surface area contributed by atoms with Gasteiger partial charge in [-0.3, -0.25) is 4.90 Å². The summed E-state index contributed by atoms with van der Waals surface area (Å²) in [5.41, 5.74) is 9.05. The highest BCUT2D eigenvalue weighted by molar-refractivity contribution is 8.00. The molecule has 4 saturated heterocycles. The van der Waals surface area contributed by atoms with Gasteiger partial charge in [0.05, 0.1) is 29.3 Å². The van der Waals surface area contributed by atoms with Crippen molar-refractivity contribution in [3.8, 4) is 0 Å². The van der Waals surface area contributed by atoms with Crippen molar-refractivity contribution in [1.82, 2.24) is 29.7 Å². The van der Waals surface area contributed by atoms with Crippen LogP contribution in [0.3, 0.4) is 0 Å². The minimum Gasteiger partial charge on any atom is -0.372 e. The molecule has 2 aromatic heterocycles. The van der Waals surface area contributed by atoms with Crippen LogP contribution in [0.5, 0.6) is 0 Å². The smallest absolute Gasteiger partial charge is 0.229 e. The predicted octanol–water partition coefficient (Wildman–Crippen LogP) is 8.75. The van der Waals surface area contributed by atoms with Crippen molar-refractivity contribution >= 4 is 87.7 Å². The topological polar surface area (TPSA) is 83.0 Å². The summed E-state index contributed by atoms with van der Waals surface area (Å²) >= 11 is 8.25. The van der Waals surface area contributed by atoms with Gasteiger partial charge >= 0.3 is 0 Å². The number of para-hydroxylation sites is 1. The van der Waals surface area contributed by atoms with E-state index in [2.05, 4.69) is 118 Å². The molecule has 65 heavy (non-hydrogen) atoms. The average molecular weight is 913 g/mol. The maximum absolute atomic E-state index is 15.8. The van der Waals surface area contributed by atoms with Gasteiger partial charge in [-0.1, -0.05) is 74.6 Å². The predicted molar refractivity (Wildman–Crippen MR) is 271 cm³/mol. The Hall–Kier alpha value is -5.63. The van der Waals surface area contributed by atoms with Gasteiger partial charge in [-0.2, -0.15) is 4.98 Å². The van der Waals surface area contributed by atoms with E-state index in [4.69, 9.17) is 11.6 Å². The first kappa shape index (κ1) is 43.3. The lowest BCUT2D eigenvalue weighted by Crippen LogP contribution is -2.53. The monoisotopic (exact) mass is 911 g/mol. The van der Waals surface area contributed by atoms with E-state index in [1.807, 2.05) is 24.3 Å². The van der Waals surface area contributed by atoms with Crippen molar-refractivity contribution in [2.45, 2.75) is 50.6 Å². The van der Waals surface area contributed by atoms with Crippen LogP contribution in [0.25, 0.3) is 23.9 Å². The molecule has 11 nitrogen and oxygen atoms in total. The molecule has 3 N–H and O–H groups in total. The first-order valence-electron chi connectivity index (χ1n) is 23.0. The fourth-order valence-electron chi connectivity index (χ4n) is 10.8. The molecule has 0 aliphatic carbocycles. The Morgan fingerprint density at radius 2 is 1.63 bits per heavy atom. The van der Waals surface area contributed by atoms with E-state index in [9.17, 15) is 0 Å². The lowest BCUT2D eigenvalue weighted by atomic mass is 10.00. The number of anilines is 7. The highest BCUT2D eigenvalue weighted by Gasteiger charge is 2.33. The highest BCUT2D eigenvalue weighted by atomic mass is 35.5. The SMILES string of the molecule is C=C1CCC(n2c(=C)c3ccc(N4CCC(C(=C)N5CCN(C6CCN(c7ccc(Nc8ncc(Cl)c(Nc9cccc%10c9N(SC)CC%10)n8)cc7F)CC6)CC5)C4)cc3c2=C)C(=C)N1. The summed E-state index contributed by atoms with van der Waals surface area (Å²) < 4.78 is 20.3. The number of rotatable bonds is 11. The van der Waals surface area contributed by atoms with Crippen LogP contribution in [0.1, 0.15) is 43.7 Å². The summed E-state index contributed by atoms with van der Waals surface area (Å²) in [6, 6.07) is 18.9. The van der Waals surface area contributed by atoms with E-state index >= 15 is 4.39 Å². The average Bonchev–Trinajstić information content (AvgIpc) is 4.05. The van der Waals surface area contributed by atoms with E-state index in [0.717, 1.165) is 142 Å². The van der Waals surface area contributed by atoms with E-state index in [1.165, 1.54) is 23.0 Å². The number of benzene rings is 3. The van der Waals surface area contributed by atoms with Crippen LogP contribution in [0.4, 0.5) is 44.6 Å². The van der Waals surface area contributed by atoms with Crippen molar-refractivity contribution in [3.05, 3.63) is 125 Å². The molecule has 0 bridgehead atoms. The second kappa shape index (κ2) is 18.0. The molecule has 5 aliphatic heterocycles. The molecule has 0 spiro atoms. The van der Waals surface area contributed by atoms with Crippen molar-refractivity contribution in [2.24, 2.45) is 5.92 Å². The molecular formula is C51H59ClFN11S. The number of nitrogens with zero attached hydrogens (tertiary/aromatic N) is 8. The Morgan fingerprint density at radius 3 is 2.40 bits per heavy atom. The second-order valence-corrected chi connectivity index (χ2v) is 19.3. The van der Waals surface area contributed by atoms with Crippen molar-refractivity contribution in [1.29, 1.82) is 0 Å². The Bertz CT molecular complexity index is 2780. The van der Waals surface area contributed by atoms with Crippen LogP contribution >= 0.6 is 23.5 Å². The molecule has 0 radical (unpaired) electrons. The Kier molecular flexibility index (Phi) is 12.0. The number of fused-ring (bicyclic) bond motifs is 2. The van der Waals surface area contributed by atoms with E-state index in [0.29, 0.717) is 40.1 Å². The van der Waals surface area contributed by atoms with Gasteiger partial charge in [0.25, 0.3) is 0 Å². The van der Waals surface area contributed by atoms with Crippen LogP contribution in [0, 0.1) is 11.7 Å². The number of piperidine rings is 2. The van der Waals surface area contributed by atoms with Crippen molar-refractivity contribution in [2.75, 3.05) is 89.9 Å². The van der Waals surface area contributed by atoms with Gasteiger partial charge in [0.2, 0.25) is 5.95 Å². The standard InChI is InChI=1S/C51H59ClFN11S/c1-32-10-14-47(33(2)55-32)64-35(4)42-13-12-41(29-43(42)36(64)5)62-20-16-38(31-62)34(3)59-24-26-60(27-25-59)40-18-21-61(22-19-40)48-15-11-39(28-45(48)53)56-51-54-30-44(52)50(58-51)57-46-9-7-8-37-17-23-63(65-6)49(37)46/h7-9,11-13,15,28-30,38,40,47,55H,1-5,10,14,16-27,31H2,6H3,(H2,54,56,57,58). The zero-order valence-corrected chi connectivity index (χ0v) is 39.0. The third-order valence-electron chi connectivity index (χ3n) is 14.4. The van der Waals surface area contributed by atoms with Gasteiger partial charge in [-0.15, -0.1) is 0 Å². The Balaban J connectivity index is 0.703. The number of nitrogens with one attached hydrogen (secondary N) is 3. The third kappa shape index (κ3) is 8.43. The molecule has 10 rings (SSSR count). The molecule has 3 aromatic carbocycles. The van der Waals surface area contributed by atoms with E-state index < -0.39 is 0 Å². The fraction of sp³-hybridized carbons (Fsp3) is 0.373. The summed E-state index contributed by atoms with van der Waals surface area (Å²) in [6.07, 6.45) is 9.60. The highest BCUT2D eigenvalue weighted by Crippen LogP contribution is 2.41. The number of aromatic nitrogens is 3. The first-order chi connectivity index (χ1) is 31.5. The van der Waals surface area contributed by atoms with Crippen LogP contribution in [-0.4, -0.2) is 95.5 Å². The second-order valence-electron chi connectivity index (χ2n) is 18.1. The molecule has 5 aliphatic rings. The summed E-state index contributed by atoms with van der Waals surface area (Å²) in [6.45, 7) is 30.6. The Morgan fingerprint density at radius 1 is 0.846 bits per heavy atom. The van der Waals surface area contributed by atoms with Crippen LogP contribution in [-0.2, 0) is 6.42 Å². The minimum absolute atomic E-state index is 0.117. The molecule has 2 unspecified atom stereocenters. The van der Waals surface area contributed by atoms with Crippen LogP contribution in [0.15, 0.2) is 97.6 Å². The molecule has 338 valence electrons. The summed E-state index contributed by atoms with van der Waals surface area (Å²) in [5.74, 6) is 0.986. The molecule has 4 fully saturated rings. The van der Waals surface area contributed by atoms with Crippen LogP contribution in [0.2, 0.25) is 5.02 Å². The van der Waals surface area contributed by atoms with Gasteiger partial charge in [0.15, 0.2) is 5.82 Å². The summed E-state index contributed by atoms with van der Waals surface area (Å²) in [7, 11) is 0. The molecule has 7 heterocycles. The van der Waals surface area contributed by atoms with Gasteiger partial charge in [-0.25, -0.2) is 9.37 Å². The van der Waals surface area contributed by atoms with E-state index in [-0.39, 0.29) is 11.9 Å². The molecular weight excluding hydrogens is 853 g/mol. The lowest BCUT2D eigenvalue weighted by molar-refractivity contribution is 0.0965. The van der Waals surface area contributed by atoms with Gasteiger partial charge in [0, 0.05) is 127 Å². The molecule has 0 saturated carbocycles. The number of hydrogen-bond acceptors (Lipinski definition) is 11. The van der Waals surface area contributed by atoms with Gasteiger partial charge in [0.1, 0.15) is 10.8 Å². The van der Waals surface area contributed by atoms with Gasteiger partial charge < -0.3 is 39.5 Å². The quantitative estimate of drug-likeness (QED) is 0.111. The molecule has 5 aromatic rings.